The highest BCUT2D eigenvalue weighted by atomic mass is 16.5. The molecular formula is C14H16N4O2. The fourth-order valence-corrected chi connectivity index (χ4v) is 2.16. The minimum absolute atomic E-state index is 0.624. The molecule has 3 rings (SSSR count). The van der Waals surface area contributed by atoms with Crippen LogP contribution in [-0.4, -0.2) is 48.4 Å². The van der Waals surface area contributed by atoms with Crippen molar-refractivity contribution in [2.75, 3.05) is 38.3 Å². The third-order valence-corrected chi connectivity index (χ3v) is 3.20. The molecule has 0 radical (unpaired) electrons. The van der Waals surface area contributed by atoms with Crippen LogP contribution in [0.3, 0.4) is 0 Å². The molecule has 0 aliphatic carbocycles. The zero-order valence-electron chi connectivity index (χ0n) is 11.3. The lowest BCUT2D eigenvalue weighted by Crippen LogP contribution is -2.37. The first-order chi connectivity index (χ1) is 9.88. The van der Waals surface area contributed by atoms with Crippen molar-refractivity contribution in [3.63, 3.8) is 0 Å². The SMILES string of the molecule is COc1ccccc1-c1ncnc(N2CCOCC2)n1. The molecule has 20 heavy (non-hydrogen) atoms. The molecule has 0 unspecified atom stereocenters. The minimum Gasteiger partial charge on any atom is -0.496 e. The summed E-state index contributed by atoms with van der Waals surface area (Å²) < 4.78 is 10.7. The van der Waals surface area contributed by atoms with Gasteiger partial charge < -0.3 is 14.4 Å². The highest BCUT2D eigenvalue weighted by molar-refractivity contribution is 5.64. The van der Waals surface area contributed by atoms with Crippen LogP contribution in [0.1, 0.15) is 0 Å². The van der Waals surface area contributed by atoms with Crippen molar-refractivity contribution in [2.45, 2.75) is 0 Å². The quantitative estimate of drug-likeness (QED) is 0.841. The molecule has 1 saturated heterocycles. The van der Waals surface area contributed by atoms with E-state index in [1.807, 2.05) is 24.3 Å². The molecule has 1 aliphatic rings. The van der Waals surface area contributed by atoms with Gasteiger partial charge in [0, 0.05) is 13.1 Å². The first-order valence-electron chi connectivity index (χ1n) is 6.53. The summed E-state index contributed by atoms with van der Waals surface area (Å²) in [6.07, 6.45) is 1.54. The fraction of sp³-hybridized carbons (Fsp3) is 0.357. The Morgan fingerprint density at radius 3 is 2.75 bits per heavy atom. The van der Waals surface area contributed by atoms with Crippen LogP contribution in [0.2, 0.25) is 0 Å². The van der Waals surface area contributed by atoms with Gasteiger partial charge in [-0.05, 0) is 12.1 Å². The maximum Gasteiger partial charge on any atom is 0.229 e. The van der Waals surface area contributed by atoms with Crippen molar-refractivity contribution < 1.29 is 9.47 Å². The van der Waals surface area contributed by atoms with Gasteiger partial charge in [-0.15, -0.1) is 0 Å². The Morgan fingerprint density at radius 2 is 1.95 bits per heavy atom. The summed E-state index contributed by atoms with van der Waals surface area (Å²) in [5, 5.41) is 0. The topological polar surface area (TPSA) is 60.4 Å². The molecule has 1 aromatic carbocycles. The predicted molar refractivity (Wildman–Crippen MR) is 74.8 cm³/mol. The van der Waals surface area contributed by atoms with E-state index in [1.165, 1.54) is 0 Å². The zero-order chi connectivity index (χ0) is 13.8. The van der Waals surface area contributed by atoms with Crippen molar-refractivity contribution >= 4 is 5.95 Å². The summed E-state index contributed by atoms with van der Waals surface area (Å²) in [6, 6.07) is 7.70. The molecular weight excluding hydrogens is 256 g/mol. The van der Waals surface area contributed by atoms with Crippen LogP contribution in [-0.2, 0) is 4.74 Å². The van der Waals surface area contributed by atoms with E-state index >= 15 is 0 Å². The average Bonchev–Trinajstić information content (AvgIpc) is 2.56. The number of methoxy groups -OCH3 is 1. The third kappa shape index (κ3) is 2.55. The monoisotopic (exact) mass is 272 g/mol. The van der Waals surface area contributed by atoms with E-state index in [4.69, 9.17) is 9.47 Å². The lowest BCUT2D eigenvalue weighted by atomic mass is 10.2. The van der Waals surface area contributed by atoms with E-state index in [-0.39, 0.29) is 0 Å². The summed E-state index contributed by atoms with van der Waals surface area (Å²) in [6.45, 7) is 3.01. The van der Waals surface area contributed by atoms with Crippen LogP contribution in [0.4, 0.5) is 5.95 Å². The van der Waals surface area contributed by atoms with E-state index < -0.39 is 0 Å². The first kappa shape index (κ1) is 12.8. The van der Waals surface area contributed by atoms with Crippen LogP contribution >= 0.6 is 0 Å². The van der Waals surface area contributed by atoms with Crippen LogP contribution in [0.5, 0.6) is 5.75 Å². The van der Waals surface area contributed by atoms with Crippen LogP contribution in [0.25, 0.3) is 11.4 Å². The number of morpholine rings is 1. The first-order valence-corrected chi connectivity index (χ1v) is 6.53. The number of hydrogen-bond acceptors (Lipinski definition) is 6. The highest BCUT2D eigenvalue weighted by Crippen LogP contribution is 2.27. The van der Waals surface area contributed by atoms with Crippen LogP contribution < -0.4 is 9.64 Å². The molecule has 6 heteroatoms. The van der Waals surface area contributed by atoms with Gasteiger partial charge in [0.25, 0.3) is 0 Å². The van der Waals surface area contributed by atoms with Crippen molar-refractivity contribution in [1.82, 2.24) is 15.0 Å². The Bertz CT molecular complexity index is 585. The normalized spacial score (nSPS) is 15.2. The van der Waals surface area contributed by atoms with Gasteiger partial charge in [0.05, 0.1) is 25.9 Å². The molecule has 2 heterocycles. The standard InChI is InChI=1S/C14H16N4O2/c1-19-12-5-3-2-4-11(12)13-15-10-16-14(17-13)18-6-8-20-9-7-18/h2-5,10H,6-9H2,1H3. The number of anilines is 1. The third-order valence-electron chi connectivity index (χ3n) is 3.20. The fourth-order valence-electron chi connectivity index (χ4n) is 2.16. The Morgan fingerprint density at radius 1 is 1.15 bits per heavy atom. The van der Waals surface area contributed by atoms with E-state index in [1.54, 1.807) is 13.4 Å². The van der Waals surface area contributed by atoms with Gasteiger partial charge in [-0.2, -0.15) is 4.98 Å². The zero-order valence-corrected chi connectivity index (χ0v) is 11.3. The summed E-state index contributed by atoms with van der Waals surface area (Å²) in [4.78, 5) is 15.1. The molecule has 0 spiro atoms. The van der Waals surface area contributed by atoms with Gasteiger partial charge >= 0.3 is 0 Å². The lowest BCUT2D eigenvalue weighted by molar-refractivity contribution is 0.122. The van der Waals surface area contributed by atoms with Gasteiger partial charge in [-0.3, -0.25) is 0 Å². The van der Waals surface area contributed by atoms with Gasteiger partial charge in [0.2, 0.25) is 5.95 Å². The summed E-state index contributed by atoms with van der Waals surface area (Å²) in [5.41, 5.74) is 0.868. The lowest BCUT2D eigenvalue weighted by Gasteiger charge is -2.26. The van der Waals surface area contributed by atoms with Crippen LogP contribution in [0, 0.1) is 0 Å². The Kier molecular flexibility index (Phi) is 3.73. The maximum atomic E-state index is 5.35. The second kappa shape index (κ2) is 5.83. The van der Waals surface area contributed by atoms with E-state index in [0.717, 1.165) is 24.4 Å². The minimum atomic E-state index is 0.624. The van der Waals surface area contributed by atoms with Crippen molar-refractivity contribution in [3.8, 4) is 17.1 Å². The van der Waals surface area contributed by atoms with Crippen molar-refractivity contribution in [2.24, 2.45) is 0 Å². The van der Waals surface area contributed by atoms with Crippen LogP contribution in [0.15, 0.2) is 30.6 Å². The van der Waals surface area contributed by atoms with Gasteiger partial charge in [0.15, 0.2) is 5.82 Å². The molecule has 0 saturated carbocycles. The molecule has 1 fully saturated rings. The Hall–Kier alpha value is -2.21. The predicted octanol–water partition coefficient (Wildman–Crippen LogP) is 1.38. The van der Waals surface area contributed by atoms with Gasteiger partial charge in [-0.25, -0.2) is 9.97 Å². The number of hydrogen-bond donors (Lipinski definition) is 0. The molecule has 0 amide bonds. The molecule has 104 valence electrons. The number of benzene rings is 1. The summed E-state index contributed by atoms with van der Waals surface area (Å²) in [7, 11) is 1.64. The molecule has 1 aromatic heterocycles. The van der Waals surface area contributed by atoms with Gasteiger partial charge in [0.1, 0.15) is 12.1 Å². The van der Waals surface area contributed by atoms with E-state index in [2.05, 4.69) is 19.9 Å². The number of aromatic nitrogens is 3. The Labute approximate surface area is 117 Å². The second-order valence-corrected chi connectivity index (χ2v) is 4.41. The molecule has 1 aliphatic heterocycles. The highest BCUT2D eigenvalue weighted by Gasteiger charge is 2.16. The smallest absolute Gasteiger partial charge is 0.229 e. The summed E-state index contributed by atoms with van der Waals surface area (Å²) in [5.74, 6) is 2.06. The number of ether oxygens (including phenoxy) is 2. The van der Waals surface area contributed by atoms with E-state index in [9.17, 15) is 0 Å². The molecule has 2 aromatic rings. The molecule has 0 atom stereocenters. The second-order valence-electron chi connectivity index (χ2n) is 4.41. The number of para-hydroxylation sites is 1. The number of nitrogens with zero attached hydrogens (tertiary/aromatic N) is 4. The maximum absolute atomic E-state index is 5.35. The average molecular weight is 272 g/mol. The molecule has 0 N–H and O–H groups in total. The number of rotatable bonds is 3. The summed E-state index contributed by atoms with van der Waals surface area (Å²) >= 11 is 0. The molecule has 6 nitrogen and oxygen atoms in total. The van der Waals surface area contributed by atoms with Crippen molar-refractivity contribution in [1.29, 1.82) is 0 Å². The van der Waals surface area contributed by atoms with Crippen molar-refractivity contribution in [3.05, 3.63) is 30.6 Å². The van der Waals surface area contributed by atoms with E-state index in [0.29, 0.717) is 25.0 Å². The van der Waals surface area contributed by atoms with Gasteiger partial charge in [-0.1, -0.05) is 12.1 Å². The molecule has 0 bridgehead atoms. The largest absolute Gasteiger partial charge is 0.496 e. The Balaban J connectivity index is 1.94.